The van der Waals surface area contributed by atoms with Gasteiger partial charge in [0.25, 0.3) is 5.91 Å². The zero-order valence-electron chi connectivity index (χ0n) is 19.4. The van der Waals surface area contributed by atoms with Crippen molar-refractivity contribution in [3.05, 3.63) is 48.8 Å². The Morgan fingerprint density at radius 1 is 1.03 bits per heavy atom. The van der Waals surface area contributed by atoms with Gasteiger partial charge >= 0.3 is 0 Å². The number of nitrogens with zero attached hydrogens (tertiary/aromatic N) is 3. The van der Waals surface area contributed by atoms with Crippen LogP contribution in [0.2, 0.25) is 0 Å². The van der Waals surface area contributed by atoms with E-state index in [-0.39, 0.29) is 29.9 Å². The van der Waals surface area contributed by atoms with E-state index >= 15 is 0 Å². The molecule has 3 aliphatic heterocycles. The quantitative estimate of drug-likeness (QED) is 0.707. The van der Waals surface area contributed by atoms with Crippen molar-refractivity contribution in [2.24, 2.45) is 5.92 Å². The highest BCUT2D eigenvalue weighted by molar-refractivity contribution is 5.93. The number of piperidine rings is 1. The molecule has 3 fully saturated rings. The van der Waals surface area contributed by atoms with Crippen molar-refractivity contribution in [2.45, 2.75) is 44.3 Å². The Morgan fingerprint density at radius 2 is 1.85 bits per heavy atom. The van der Waals surface area contributed by atoms with Gasteiger partial charge in [-0.05, 0) is 55.7 Å². The van der Waals surface area contributed by atoms with Crippen LogP contribution in [0.25, 0.3) is 0 Å². The molecule has 180 valence electrons. The molecule has 2 aromatic rings. The molecule has 1 unspecified atom stereocenters. The van der Waals surface area contributed by atoms with Gasteiger partial charge in [-0.3, -0.25) is 14.6 Å². The van der Waals surface area contributed by atoms with E-state index < -0.39 is 0 Å². The maximum Gasteiger partial charge on any atom is 0.251 e. The van der Waals surface area contributed by atoms with Gasteiger partial charge < -0.3 is 24.6 Å². The SMILES string of the molecule is O=C(Nc1ccc(OC2CCN(C(=O)[C@@H]3CCCO3)CC2)cc1)C1CCN(c2cccnc2)C1. The highest BCUT2D eigenvalue weighted by Crippen LogP contribution is 2.26. The third-order valence-corrected chi connectivity index (χ3v) is 6.95. The molecule has 34 heavy (non-hydrogen) atoms. The highest BCUT2D eigenvalue weighted by atomic mass is 16.5. The summed E-state index contributed by atoms with van der Waals surface area (Å²) < 4.78 is 11.7. The van der Waals surface area contributed by atoms with Gasteiger partial charge in [-0.2, -0.15) is 0 Å². The number of nitrogens with one attached hydrogen (secondary N) is 1. The van der Waals surface area contributed by atoms with Gasteiger partial charge in [-0.15, -0.1) is 0 Å². The Balaban J connectivity index is 1.07. The molecule has 0 aliphatic carbocycles. The second kappa shape index (κ2) is 10.4. The van der Waals surface area contributed by atoms with Crippen molar-refractivity contribution in [1.29, 1.82) is 0 Å². The highest BCUT2D eigenvalue weighted by Gasteiger charge is 2.31. The first kappa shape index (κ1) is 22.7. The first-order valence-electron chi connectivity index (χ1n) is 12.3. The summed E-state index contributed by atoms with van der Waals surface area (Å²) in [7, 11) is 0. The van der Waals surface area contributed by atoms with Crippen molar-refractivity contribution in [1.82, 2.24) is 9.88 Å². The number of pyridine rings is 1. The Kier molecular flexibility index (Phi) is 6.94. The van der Waals surface area contributed by atoms with E-state index in [1.165, 1.54) is 0 Å². The lowest BCUT2D eigenvalue weighted by Crippen LogP contribution is -2.45. The molecular weight excluding hydrogens is 432 g/mol. The average molecular weight is 465 g/mol. The maximum absolute atomic E-state index is 12.7. The standard InChI is InChI=1S/C26H32N4O4/c31-25(19-9-13-30(18-19)21-3-1-12-27-17-21)28-20-5-7-22(8-6-20)34-23-10-14-29(15-11-23)26(32)24-4-2-16-33-24/h1,3,5-8,12,17,19,23-24H,2,4,9-11,13-16,18H2,(H,28,31)/t19?,24-/m0/s1. The van der Waals surface area contributed by atoms with E-state index in [1.807, 2.05) is 47.5 Å². The zero-order chi connectivity index (χ0) is 23.3. The third-order valence-electron chi connectivity index (χ3n) is 6.95. The van der Waals surface area contributed by atoms with Crippen molar-refractivity contribution in [3.8, 4) is 5.75 Å². The predicted molar refractivity (Wildman–Crippen MR) is 129 cm³/mol. The van der Waals surface area contributed by atoms with Crippen LogP contribution in [0, 0.1) is 5.92 Å². The van der Waals surface area contributed by atoms with Crippen LogP contribution in [-0.2, 0) is 14.3 Å². The van der Waals surface area contributed by atoms with Gasteiger partial charge in [0.05, 0.1) is 17.8 Å². The molecule has 3 saturated heterocycles. The van der Waals surface area contributed by atoms with Crippen LogP contribution in [0.1, 0.15) is 32.1 Å². The summed E-state index contributed by atoms with van der Waals surface area (Å²) in [5, 5.41) is 3.04. The molecule has 8 heteroatoms. The Labute approximate surface area is 200 Å². The number of likely N-dealkylation sites (tertiary alicyclic amines) is 1. The van der Waals surface area contributed by atoms with Crippen LogP contribution >= 0.6 is 0 Å². The van der Waals surface area contributed by atoms with Gasteiger partial charge in [0.15, 0.2) is 0 Å². The first-order chi connectivity index (χ1) is 16.7. The average Bonchev–Trinajstić information content (AvgIpc) is 3.59. The lowest BCUT2D eigenvalue weighted by Gasteiger charge is -2.33. The van der Waals surface area contributed by atoms with Crippen LogP contribution in [0.3, 0.4) is 0 Å². The fourth-order valence-corrected chi connectivity index (χ4v) is 4.97. The zero-order valence-corrected chi connectivity index (χ0v) is 19.4. The van der Waals surface area contributed by atoms with Crippen LogP contribution < -0.4 is 15.0 Å². The number of aromatic nitrogens is 1. The molecule has 2 atom stereocenters. The van der Waals surface area contributed by atoms with Crippen LogP contribution in [0.4, 0.5) is 11.4 Å². The van der Waals surface area contributed by atoms with Crippen molar-refractivity contribution < 1.29 is 19.1 Å². The van der Waals surface area contributed by atoms with Gasteiger partial charge in [-0.1, -0.05) is 0 Å². The molecule has 0 bridgehead atoms. The monoisotopic (exact) mass is 464 g/mol. The molecule has 0 saturated carbocycles. The number of ether oxygens (including phenoxy) is 2. The lowest BCUT2D eigenvalue weighted by molar-refractivity contribution is -0.142. The van der Waals surface area contributed by atoms with Crippen LogP contribution in [-0.4, -0.2) is 66.7 Å². The Morgan fingerprint density at radius 3 is 2.56 bits per heavy atom. The summed E-state index contributed by atoms with van der Waals surface area (Å²) in [5.41, 5.74) is 1.83. The smallest absolute Gasteiger partial charge is 0.251 e. The molecule has 1 aromatic carbocycles. The van der Waals surface area contributed by atoms with E-state index in [0.29, 0.717) is 26.2 Å². The molecule has 0 radical (unpaired) electrons. The third kappa shape index (κ3) is 5.33. The summed E-state index contributed by atoms with van der Waals surface area (Å²) in [4.78, 5) is 33.5. The largest absolute Gasteiger partial charge is 0.490 e. The number of carbonyl (C=O) groups is 2. The molecule has 8 nitrogen and oxygen atoms in total. The normalized spacial score (nSPS) is 23.2. The molecule has 5 rings (SSSR count). The van der Waals surface area contributed by atoms with Crippen molar-refractivity contribution in [3.63, 3.8) is 0 Å². The number of carbonyl (C=O) groups excluding carboxylic acids is 2. The molecule has 1 aromatic heterocycles. The van der Waals surface area contributed by atoms with Gasteiger partial charge in [-0.25, -0.2) is 0 Å². The van der Waals surface area contributed by atoms with E-state index in [0.717, 1.165) is 55.8 Å². The summed E-state index contributed by atoms with van der Waals surface area (Å²) >= 11 is 0. The van der Waals surface area contributed by atoms with Gasteiger partial charge in [0, 0.05) is 57.5 Å². The van der Waals surface area contributed by atoms with Crippen LogP contribution in [0.15, 0.2) is 48.8 Å². The summed E-state index contributed by atoms with van der Waals surface area (Å²) in [5.74, 6) is 0.911. The second-order valence-electron chi connectivity index (χ2n) is 9.30. The minimum Gasteiger partial charge on any atom is -0.490 e. The second-order valence-corrected chi connectivity index (χ2v) is 9.30. The van der Waals surface area contributed by atoms with Gasteiger partial charge in [0.1, 0.15) is 18.0 Å². The summed E-state index contributed by atoms with van der Waals surface area (Å²) in [6.45, 7) is 3.66. The number of hydrogen-bond acceptors (Lipinski definition) is 6. The van der Waals surface area contributed by atoms with Crippen LogP contribution in [0.5, 0.6) is 5.75 Å². The molecule has 2 amide bonds. The first-order valence-corrected chi connectivity index (χ1v) is 12.3. The van der Waals surface area contributed by atoms with Gasteiger partial charge in [0.2, 0.25) is 5.91 Å². The maximum atomic E-state index is 12.7. The number of rotatable bonds is 6. The summed E-state index contributed by atoms with van der Waals surface area (Å²) in [6, 6.07) is 11.5. The fraction of sp³-hybridized carbons (Fsp3) is 0.500. The molecule has 3 aliphatic rings. The molecule has 4 heterocycles. The number of benzene rings is 1. The Bertz CT molecular complexity index is 970. The molecule has 1 N–H and O–H groups in total. The van der Waals surface area contributed by atoms with E-state index in [1.54, 1.807) is 6.20 Å². The summed E-state index contributed by atoms with van der Waals surface area (Å²) in [6.07, 6.45) is 7.69. The van der Waals surface area contributed by atoms with E-state index in [9.17, 15) is 9.59 Å². The number of amides is 2. The van der Waals surface area contributed by atoms with Crippen molar-refractivity contribution >= 4 is 23.2 Å². The fourth-order valence-electron chi connectivity index (χ4n) is 4.97. The molecular formula is C26H32N4O4. The van der Waals surface area contributed by atoms with E-state index in [2.05, 4.69) is 15.2 Å². The Hall–Kier alpha value is -3.13. The van der Waals surface area contributed by atoms with E-state index in [4.69, 9.17) is 9.47 Å². The topological polar surface area (TPSA) is 84.0 Å². The number of hydrogen-bond donors (Lipinski definition) is 1. The minimum absolute atomic E-state index is 0.0429. The number of anilines is 2. The lowest BCUT2D eigenvalue weighted by atomic mass is 10.1. The molecule has 0 spiro atoms. The predicted octanol–water partition coefficient (Wildman–Crippen LogP) is 3.10. The van der Waals surface area contributed by atoms with Crippen molar-refractivity contribution in [2.75, 3.05) is 43.0 Å². The minimum atomic E-state index is -0.247.